The number of hydrogen-bond acceptors (Lipinski definition) is 2. The normalized spacial score (nSPS) is 23.5. The Morgan fingerprint density at radius 1 is 1.29 bits per heavy atom. The van der Waals surface area contributed by atoms with Crippen LogP contribution in [-0.2, 0) is 11.2 Å². The summed E-state index contributed by atoms with van der Waals surface area (Å²) in [5.74, 6) is 0.775. The van der Waals surface area contributed by atoms with E-state index in [2.05, 4.69) is 36.1 Å². The van der Waals surface area contributed by atoms with E-state index in [0.717, 1.165) is 18.5 Å². The molecule has 1 aromatic rings. The first-order chi connectivity index (χ1) is 8.18. The van der Waals surface area contributed by atoms with E-state index in [4.69, 9.17) is 0 Å². The fourth-order valence-electron chi connectivity index (χ4n) is 3.13. The van der Waals surface area contributed by atoms with E-state index in [1.807, 2.05) is 6.92 Å². The highest BCUT2D eigenvalue weighted by Gasteiger charge is 2.32. The summed E-state index contributed by atoms with van der Waals surface area (Å²) >= 11 is 0. The van der Waals surface area contributed by atoms with Crippen LogP contribution in [0.4, 0.5) is 5.69 Å². The second-order valence-electron chi connectivity index (χ2n) is 5.07. The van der Waals surface area contributed by atoms with Gasteiger partial charge in [0.1, 0.15) is 0 Å². The standard InChI is InChI=1S/C15H17NO/c1-10-9-12-5-3-4-6-13(12)16-8-7-14(17)11(2)15(10)16/h3-6,10H,7-9H2,1-2H3. The molecule has 2 heterocycles. The molecule has 0 fully saturated rings. The third-order valence-electron chi connectivity index (χ3n) is 3.93. The molecule has 0 bridgehead atoms. The first kappa shape index (κ1) is 10.6. The SMILES string of the molecule is CC1=C2C(C)Cc3ccccc3N2CCC1=O. The minimum absolute atomic E-state index is 0.322. The van der Waals surface area contributed by atoms with Crippen molar-refractivity contribution in [3.63, 3.8) is 0 Å². The Kier molecular flexibility index (Phi) is 2.32. The largest absolute Gasteiger partial charge is 0.344 e. The van der Waals surface area contributed by atoms with E-state index in [-0.39, 0.29) is 0 Å². The molecule has 0 saturated heterocycles. The van der Waals surface area contributed by atoms with Crippen molar-refractivity contribution in [1.29, 1.82) is 0 Å². The molecule has 1 unspecified atom stereocenters. The molecule has 0 radical (unpaired) electrons. The van der Waals surface area contributed by atoms with Gasteiger partial charge in [-0.25, -0.2) is 0 Å². The van der Waals surface area contributed by atoms with Gasteiger partial charge < -0.3 is 4.90 Å². The number of benzene rings is 1. The number of hydrogen-bond donors (Lipinski definition) is 0. The number of carbonyl (C=O) groups excluding carboxylic acids is 1. The molecular formula is C15H17NO. The summed E-state index contributed by atoms with van der Waals surface area (Å²) in [5.41, 5.74) is 4.93. The summed E-state index contributed by atoms with van der Waals surface area (Å²) in [6.45, 7) is 5.04. The lowest BCUT2D eigenvalue weighted by Gasteiger charge is -2.40. The Bertz CT molecular complexity index is 515. The minimum atomic E-state index is 0.322. The van der Waals surface area contributed by atoms with Gasteiger partial charge in [-0.1, -0.05) is 25.1 Å². The predicted octanol–water partition coefficient (Wildman–Crippen LogP) is 2.93. The predicted molar refractivity (Wildman–Crippen MR) is 69.0 cm³/mol. The Morgan fingerprint density at radius 3 is 2.88 bits per heavy atom. The van der Waals surface area contributed by atoms with Gasteiger partial charge in [0, 0.05) is 35.8 Å². The molecule has 0 spiro atoms. The molecule has 1 atom stereocenters. The molecule has 0 aromatic heterocycles. The number of fused-ring (bicyclic) bond motifs is 3. The maximum absolute atomic E-state index is 11.8. The van der Waals surface area contributed by atoms with Gasteiger partial charge >= 0.3 is 0 Å². The van der Waals surface area contributed by atoms with Crippen LogP contribution in [0.5, 0.6) is 0 Å². The van der Waals surface area contributed by atoms with Crippen molar-refractivity contribution in [2.45, 2.75) is 26.7 Å². The first-order valence-electron chi connectivity index (χ1n) is 6.28. The summed E-state index contributed by atoms with van der Waals surface area (Å²) < 4.78 is 0. The van der Waals surface area contributed by atoms with Crippen LogP contribution in [0.25, 0.3) is 0 Å². The summed E-state index contributed by atoms with van der Waals surface area (Å²) in [5, 5.41) is 0. The molecule has 2 aliphatic rings. The van der Waals surface area contributed by atoms with Crippen LogP contribution in [0.2, 0.25) is 0 Å². The molecule has 88 valence electrons. The van der Waals surface area contributed by atoms with Crippen molar-refractivity contribution < 1.29 is 4.79 Å². The topological polar surface area (TPSA) is 20.3 Å². The van der Waals surface area contributed by atoms with Gasteiger partial charge in [0.15, 0.2) is 5.78 Å². The number of para-hydroxylation sites is 1. The number of Topliss-reactive ketones (excluding diaryl/α,β-unsaturated/α-hetero) is 1. The number of nitrogens with zero attached hydrogens (tertiary/aromatic N) is 1. The molecule has 2 aliphatic heterocycles. The molecule has 3 rings (SSSR count). The van der Waals surface area contributed by atoms with Crippen molar-refractivity contribution >= 4 is 11.5 Å². The second kappa shape index (κ2) is 3.73. The highest BCUT2D eigenvalue weighted by atomic mass is 16.1. The third kappa shape index (κ3) is 1.51. The summed E-state index contributed by atoms with van der Waals surface area (Å²) in [6.07, 6.45) is 1.70. The van der Waals surface area contributed by atoms with Crippen LogP contribution in [0, 0.1) is 5.92 Å². The highest BCUT2D eigenvalue weighted by molar-refractivity contribution is 5.98. The van der Waals surface area contributed by atoms with Gasteiger partial charge in [0.05, 0.1) is 0 Å². The third-order valence-corrected chi connectivity index (χ3v) is 3.93. The minimum Gasteiger partial charge on any atom is -0.344 e. The Hall–Kier alpha value is -1.57. The lowest BCUT2D eigenvalue weighted by Crippen LogP contribution is -2.39. The van der Waals surface area contributed by atoms with Crippen LogP contribution >= 0.6 is 0 Å². The molecule has 2 nitrogen and oxygen atoms in total. The van der Waals surface area contributed by atoms with Gasteiger partial charge in [0.25, 0.3) is 0 Å². The number of anilines is 1. The van der Waals surface area contributed by atoms with Gasteiger partial charge in [-0.15, -0.1) is 0 Å². The quantitative estimate of drug-likeness (QED) is 0.679. The van der Waals surface area contributed by atoms with E-state index < -0.39 is 0 Å². The number of carbonyl (C=O) groups is 1. The second-order valence-corrected chi connectivity index (χ2v) is 5.07. The zero-order chi connectivity index (χ0) is 12.0. The van der Waals surface area contributed by atoms with Gasteiger partial charge in [-0.3, -0.25) is 4.79 Å². The van der Waals surface area contributed by atoms with Gasteiger partial charge in [-0.2, -0.15) is 0 Å². The van der Waals surface area contributed by atoms with Gasteiger partial charge in [0.2, 0.25) is 0 Å². The maximum atomic E-state index is 11.8. The number of rotatable bonds is 0. The van der Waals surface area contributed by atoms with Crippen LogP contribution in [0.3, 0.4) is 0 Å². The Morgan fingerprint density at radius 2 is 2.06 bits per heavy atom. The number of ketones is 1. The smallest absolute Gasteiger partial charge is 0.162 e. The fourth-order valence-corrected chi connectivity index (χ4v) is 3.13. The zero-order valence-electron chi connectivity index (χ0n) is 10.4. The molecular weight excluding hydrogens is 210 g/mol. The van der Waals surface area contributed by atoms with Gasteiger partial charge in [-0.05, 0) is 25.0 Å². The molecule has 17 heavy (non-hydrogen) atoms. The Balaban J connectivity index is 2.18. The van der Waals surface area contributed by atoms with Crippen molar-refractivity contribution in [1.82, 2.24) is 0 Å². The Labute approximate surface area is 102 Å². The maximum Gasteiger partial charge on any atom is 0.162 e. The molecule has 0 aliphatic carbocycles. The van der Waals surface area contributed by atoms with Crippen molar-refractivity contribution in [2.24, 2.45) is 5.92 Å². The van der Waals surface area contributed by atoms with Crippen LogP contribution in [0.1, 0.15) is 25.8 Å². The van der Waals surface area contributed by atoms with Crippen molar-refractivity contribution in [3.05, 3.63) is 41.1 Å². The highest BCUT2D eigenvalue weighted by Crippen LogP contribution is 2.39. The average molecular weight is 227 g/mol. The summed E-state index contributed by atoms with van der Waals surface area (Å²) in [7, 11) is 0. The zero-order valence-corrected chi connectivity index (χ0v) is 10.4. The van der Waals surface area contributed by atoms with Crippen LogP contribution in [0.15, 0.2) is 35.5 Å². The fraction of sp³-hybridized carbons (Fsp3) is 0.400. The van der Waals surface area contributed by atoms with Crippen LogP contribution < -0.4 is 4.90 Å². The van der Waals surface area contributed by atoms with E-state index in [9.17, 15) is 4.79 Å². The van der Waals surface area contributed by atoms with E-state index in [1.165, 1.54) is 16.9 Å². The lowest BCUT2D eigenvalue weighted by atomic mass is 9.85. The van der Waals surface area contributed by atoms with Crippen molar-refractivity contribution in [3.8, 4) is 0 Å². The molecule has 0 amide bonds. The average Bonchev–Trinajstić information content (AvgIpc) is 2.33. The first-order valence-corrected chi connectivity index (χ1v) is 6.28. The van der Waals surface area contributed by atoms with Crippen molar-refractivity contribution in [2.75, 3.05) is 11.4 Å². The monoisotopic (exact) mass is 227 g/mol. The number of allylic oxidation sites excluding steroid dienone is 2. The van der Waals surface area contributed by atoms with E-state index >= 15 is 0 Å². The summed E-state index contributed by atoms with van der Waals surface area (Å²) in [4.78, 5) is 14.2. The molecule has 1 aromatic carbocycles. The molecule has 0 saturated carbocycles. The van der Waals surface area contributed by atoms with Crippen LogP contribution in [-0.4, -0.2) is 12.3 Å². The molecule has 2 heteroatoms. The van der Waals surface area contributed by atoms with E-state index in [0.29, 0.717) is 18.1 Å². The molecule has 0 N–H and O–H groups in total. The summed E-state index contributed by atoms with van der Waals surface area (Å²) in [6, 6.07) is 8.55. The van der Waals surface area contributed by atoms with E-state index in [1.54, 1.807) is 0 Å². The lowest BCUT2D eigenvalue weighted by molar-refractivity contribution is -0.115.